The highest BCUT2D eigenvalue weighted by Crippen LogP contribution is 2.43. The molecule has 1 heterocycles. The summed E-state index contributed by atoms with van der Waals surface area (Å²) in [6.07, 6.45) is 9.97. The number of halogens is 1. The molecule has 3 fully saturated rings. The summed E-state index contributed by atoms with van der Waals surface area (Å²) < 4.78 is 15.9. The average Bonchev–Trinajstić information content (AvgIpc) is 3.49. The molecule has 2 saturated carbocycles. The summed E-state index contributed by atoms with van der Waals surface area (Å²) in [4.78, 5) is 15.7. The minimum Gasteiger partial charge on any atom is -0.331 e. The van der Waals surface area contributed by atoms with E-state index in [4.69, 9.17) is 11.6 Å². The van der Waals surface area contributed by atoms with Crippen molar-refractivity contribution in [3.05, 3.63) is 47.5 Å². The zero-order chi connectivity index (χ0) is 20.4. The summed E-state index contributed by atoms with van der Waals surface area (Å²) in [6.45, 7) is 4.47. The third-order valence-corrected chi connectivity index (χ3v) is 8.53. The van der Waals surface area contributed by atoms with Gasteiger partial charge < -0.3 is 4.90 Å². The zero-order valence-electron chi connectivity index (χ0n) is 16.9. The Balaban J connectivity index is 1.57. The molecule has 2 aliphatic carbocycles. The first kappa shape index (κ1) is 21.1. The molecule has 4 nitrogen and oxygen atoms in total. The lowest BCUT2D eigenvalue weighted by Crippen LogP contribution is -2.53. The molecule has 4 rings (SSSR count). The van der Waals surface area contributed by atoms with E-state index in [1.165, 1.54) is 6.42 Å². The van der Waals surface area contributed by atoms with Gasteiger partial charge in [0.25, 0.3) is 0 Å². The van der Waals surface area contributed by atoms with Gasteiger partial charge in [0, 0.05) is 28.8 Å². The summed E-state index contributed by atoms with van der Waals surface area (Å²) >= 11 is 6.10. The first-order chi connectivity index (χ1) is 14.1. The molecule has 0 radical (unpaired) electrons. The van der Waals surface area contributed by atoms with E-state index >= 15 is 0 Å². The van der Waals surface area contributed by atoms with E-state index in [1.807, 2.05) is 30.3 Å². The lowest BCUT2D eigenvalue weighted by molar-refractivity contribution is -0.145. The topological polar surface area (TPSA) is 49.4 Å². The van der Waals surface area contributed by atoms with Crippen molar-refractivity contribution in [3.63, 3.8) is 0 Å². The number of carbonyl (C=O) groups is 1. The maximum atomic E-state index is 13.5. The van der Waals surface area contributed by atoms with Gasteiger partial charge in [0.05, 0.1) is 17.0 Å². The van der Waals surface area contributed by atoms with E-state index in [9.17, 15) is 9.00 Å². The quantitative estimate of drug-likeness (QED) is 0.568. The van der Waals surface area contributed by atoms with Crippen molar-refractivity contribution in [1.29, 1.82) is 0 Å². The van der Waals surface area contributed by atoms with Gasteiger partial charge in [0.2, 0.25) is 5.91 Å². The number of rotatable bonds is 9. The van der Waals surface area contributed by atoms with Gasteiger partial charge in [-0.3, -0.25) is 4.79 Å². The number of carbonyl (C=O) groups excluding carboxylic acids is 1. The van der Waals surface area contributed by atoms with Crippen molar-refractivity contribution in [1.82, 2.24) is 9.62 Å². The predicted molar refractivity (Wildman–Crippen MR) is 119 cm³/mol. The first-order valence-electron chi connectivity index (χ1n) is 10.9. The molecule has 2 unspecified atom stereocenters. The third-order valence-electron chi connectivity index (χ3n) is 6.75. The van der Waals surface area contributed by atoms with Gasteiger partial charge in [-0.15, -0.1) is 6.58 Å². The van der Waals surface area contributed by atoms with Crippen LogP contribution in [-0.4, -0.2) is 32.9 Å². The minimum absolute atomic E-state index is 0.00873. The Kier molecular flexibility index (Phi) is 6.77. The van der Waals surface area contributed by atoms with Gasteiger partial charge >= 0.3 is 0 Å². The van der Waals surface area contributed by atoms with Gasteiger partial charge in [-0.25, -0.2) is 8.93 Å². The van der Waals surface area contributed by atoms with E-state index in [-0.39, 0.29) is 29.2 Å². The van der Waals surface area contributed by atoms with Crippen LogP contribution in [0.25, 0.3) is 0 Å². The van der Waals surface area contributed by atoms with Crippen molar-refractivity contribution in [3.8, 4) is 0 Å². The maximum absolute atomic E-state index is 13.5. The van der Waals surface area contributed by atoms with E-state index in [0.717, 1.165) is 50.5 Å². The van der Waals surface area contributed by atoms with Gasteiger partial charge in [-0.05, 0) is 68.6 Å². The van der Waals surface area contributed by atoms with Crippen molar-refractivity contribution in [2.75, 3.05) is 6.54 Å². The molecule has 0 aromatic heterocycles. The molecule has 1 aromatic carbocycles. The average molecular weight is 435 g/mol. The van der Waals surface area contributed by atoms with E-state index in [0.29, 0.717) is 17.5 Å². The molecule has 158 valence electrons. The van der Waals surface area contributed by atoms with Crippen LogP contribution in [0.3, 0.4) is 0 Å². The molecule has 1 amide bonds. The first-order valence-corrected chi connectivity index (χ1v) is 12.5. The van der Waals surface area contributed by atoms with Crippen molar-refractivity contribution in [2.24, 2.45) is 11.8 Å². The summed E-state index contributed by atoms with van der Waals surface area (Å²) in [6, 6.07) is 8.07. The Labute approximate surface area is 181 Å². The highest BCUT2D eigenvalue weighted by Gasteiger charge is 2.45. The highest BCUT2D eigenvalue weighted by molar-refractivity contribution is 7.83. The molecule has 1 N–H and O–H groups in total. The number of amides is 1. The second-order valence-electron chi connectivity index (χ2n) is 8.72. The second kappa shape index (κ2) is 9.32. The molecule has 29 heavy (non-hydrogen) atoms. The number of benzene rings is 1. The Hall–Kier alpha value is -1.17. The van der Waals surface area contributed by atoms with Crippen molar-refractivity contribution < 1.29 is 9.00 Å². The molecule has 0 bridgehead atoms. The molecule has 1 aromatic rings. The number of allylic oxidation sites excluding steroid dienone is 1. The molecule has 6 heteroatoms. The normalized spacial score (nSPS) is 27.3. The van der Waals surface area contributed by atoms with Gasteiger partial charge in [0.15, 0.2) is 0 Å². The summed E-state index contributed by atoms with van der Waals surface area (Å²) in [7, 11) is -0.996. The third kappa shape index (κ3) is 4.78. The zero-order valence-corrected chi connectivity index (χ0v) is 18.5. The number of nitrogens with zero attached hydrogens (tertiary/aromatic N) is 1. The van der Waals surface area contributed by atoms with Crippen molar-refractivity contribution in [2.45, 2.75) is 68.7 Å². The van der Waals surface area contributed by atoms with Crippen LogP contribution >= 0.6 is 11.6 Å². The Morgan fingerprint density at radius 3 is 2.48 bits per heavy atom. The summed E-state index contributed by atoms with van der Waals surface area (Å²) in [5.41, 5.74) is 1.14. The molecule has 4 atom stereocenters. The largest absolute Gasteiger partial charge is 0.331 e. The van der Waals surface area contributed by atoms with Crippen LogP contribution in [0, 0.1) is 11.8 Å². The standard InChI is InChI=1S/C23H31ClN2O2S/c1-2-4-18-11-14-21(16-9-12-19(24)13-10-16)26(23(18)27)22(17-7-8-17)15-25-29(28)20-5-3-6-20/h2,9-10,12-13,17-18,20-22,25H,1,3-8,11,14-15H2/t18-,21-,22?,29?/m0/s1. The second-order valence-corrected chi connectivity index (χ2v) is 10.7. The number of nitrogens with one attached hydrogen (secondary N) is 1. The van der Waals surface area contributed by atoms with Crippen LogP contribution in [0.2, 0.25) is 5.02 Å². The van der Waals surface area contributed by atoms with Crippen LogP contribution in [0.4, 0.5) is 0 Å². The molecule has 1 aliphatic heterocycles. The number of piperidine rings is 1. The SMILES string of the molecule is C=CC[C@H]1CC[C@@H](c2ccc(Cl)cc2)N(C(CNS(=O)C2CCC2)C2CC2)C1=O. The van der Waals surface area contributed by atoms with Crippen LogP contribution < -0.4 is 4.72 Å². The number of likely N-dealkylation sites (tertiary alicyclic amines) is 1. The van der Waals surface area contributed by atoms with Crippen LogP contribution in [-0.2, 0) is 15.8 Å². The highest BCUT2D eigenvalue weighted by atomic mass is 35.5. The fourth-order valence-electron chi connectivity index (χ4n) is 4.66. The lowest BCUT2D eigenvalue weighted by Gasteiger charge is -2.44. The fourth-order valence-corrected chi connectivity index (χ4v) is 6.11. The molecular weight excluding hydrogens is 404 g/mol. The minimum atomic E-state index is -0.996. The van der Waals surface area contributed by atoms with Crippen LogP contribution in [0.1, 0.15) is 63.0 Å². The van der Waals surface area contributed by atoms with Gasteiger partial charge in [0.1, 0.15) is 0 Å². The molecular formula is C23H31ClN2O2S. The Morgan fingerprint density at radius 1 is 1.17 bits per heavy atom. The van der Waals surface area contributed by atoms with E-state index in [2.05, 4.69) is 16.2 Å². The Bertz CT molecular complexity index is 761. The van der Waals surface area contributed by atoms with Gasteiger partial charge in [-0.2, -0.15) is 0 Å². The molecule has 3 aliphatic rings. The summed E-state index contributed by atoms with van der Waals surface area (Å²) in [5.74, 6) is 0.737. The van der Waals surface area contributed by atoms with Crippen LogP contribution in [0.5, 0.6) is 0 Å². The monoisotopic (exact) mass is 434 g/mol. The number of hydrogen-bond acceptors (Lipinski definition) is 2. The summed E-state index contributed by atoms with van der Waals surface area (Å²) in [5, 5.41) is 0.996. The smallest absolute Gasteiger partial charge is 0.226 e. The lowest BCUT2D eigenvalue weighted by atomic mass is 9.85. The maximum Gasteiger partial charge on any atom is 0.226 e. The van der Waals surface area contributed by atoms with Crippen LogP contribution in [0.15, 0.2) is 36.9 Å². The van der Waals surface area contributed by atoms with Crippen molar-refractivity contribution >= 4 is 28.5 Å². The van der Waals surface area contributed by atoms with E-state index < -0.39 is 11.0 Å². The Morgan fingerprint density at radius 2 is 1.90 bits per heavy atom. The van der Waals surface area contributed by atoms with E-state index in [1.54, 1.807) is 0 Å². The molecule has 1 saturated heterocycles. The predicted octanol–water partition coefficient (Wildman–Crippen LogP) is 4.78. The number of hydrogen-bond donors (Lipinski definition) is 1. The fraction of sp³-hybridized carbons (Fsp3) is 0.609. The van der Waals surface area contributed by atoms with Gasteiger partial charge in [-0.1, -0.05) is 36.2 Å². The molecule has 0 spiro atoms.